The van der Waals surface area contributed by atoms with Crippen LogP contribution in [0.25, 0.3) is 11.1 Å². The summed E-state index contributed by atoms with van der Waals surface area (Å²) in [6.45, 7) is 0.148. The van der Waals surface area contributed by atoms with E-state index in [1.54, 1.807) is 18.2 Å². The molecule has 0 amide bonds. The van der Waals surface area contributed by atoms with E-state index in [1.165, 1.54) is 4.57 Å². The Morgan fingerprint density at radius 2 is 1.79 bits per heavy atom. The molecule has 4 rings (SSSR count). The average molecular weight is 342 g/mol. The molecule has 0 spiro atoms. The van der Waals surface area contributed by atoms with Gasteiger partial charge in [-0.25, -0.2) is 4.79 Å². The fourth-order valence-corrected chi connectivity index (χ4v) is 2.68. The van der Waals surface area contributed by atoms with Crippen molar-refractivity contribution < 1.29 is 8.83 Å². The van der Waals surface area contributed by atoms with Crippen molar-refractivity contribution in [2.45, 2.75) is 13.0 Å². The van der Waals surface area contributed by atoms with Gasteiger partial charge in [0.05, 0.1) is 11.9 Å². The molecule has 7 heteroatoms. The van der Waals surface area contributed by atoms with Gasteiger partial charge >= 0.3 is 5.76 Å². The van der Waals surface area contributed by atoms with E-state index in [2.05, 4.69) is 10.2 Å². The number of benzene rings is 2. The zero-order valence-electron chi connectivity index (χ0n) is 12.5. The van der Waals surface area contributed by atoms with Crippen LogP contribution in [0.5, 0.6) is 0 Å². The first kappa shape index (κ1) is 14.7. The minimum absolute atomic E-state index is 0.148. The van der Waals surface area contributed by atoms with Crippen LogP contribution in [-0.2, 0) is 13.0 Å². The highest BCUT2D eigenvalue weighted by Crippen LogP contribution is 2.19. The third-order valence-electron chi connectivity index (χ3n) is 3.63. The van der Waals surface area contributed by atoms with Crippen molar-refractivity contribution in [3.05, 3.63) is 81.4 Å². The van der Waals surface area contributed by atoms with Gasteiger partial charge in [0.1, 0.15) is 6.54 Å². The van der Waals surface area contributed by atoms with Crippen molar-refractivity contribution >= 4 is 22.7 Å². The van der Waals surface area contributed by atoms with Gasteiger partial charge in [-0.15, -0.1) is 10.2 Å². The van der Waals surface area contributed by atoms with Crippen LogP contribution < -0.4 is 5.76 Å². The third kappa shape index (κ3) is 2.83. The van der Waals surface area contributed by atoms with Crippen molar-refractivity contribution in [2.75, 3.05) is 0 Å². The van der Waals surface area contributed by atoms with E-state index in [0.29, 0.717) is 34.3 Å². The van der Waals surface area contributed by atoms with E-state index >= 15 is 0 Å². The summed E-state index contributed by atoms with van der Waals surface area (Å²) >= 11 is 5.91. The van der Waals surface area contributed by atoms with Gasteiger partial charge in [-0.05, 0) is 17.7 Å². The summed E-state index contributed by atoms with van der Waals surface area (Å²) in [5.41, 5.74) is 2.14. The molecule has 0 N–H and O–H groups in total. The van der Waals surface area contributed by atoms with Crippen LogP contribution in [0.4, 0.5) is 0 Å². The van der Waals surface area contributed by atoms with Gasteiger partial charge < -0.3 is 8.83 Å². The number of rotatable bonds is 4. The highest BCUT2D eigenvalue weighted by Gasteiger charge is 2.14. The standard InChI is InChI=1S/C17H12ClN3O3/c18-12-6-7-13-14(9-12)23-17(22)21(13)10-16-20-19-15(24-16)8-11-4-2-1-3-5-11/h1-7,9H,8,10H2. The molecule has 0 atom stereocenters. The average Bonchev–Trinajstić information content (AvgIpc) is 3.13. The maximum Gasteiger partial charge on any atom is 0.420 e. The number of aromatic nitrogens is 3. The molecule has 120 valence electrons. The Hall–Kier alpha value is -2.86. The highest BCUT2D eigenvalue weighted by molar-refractivity contribution is 6.31. The zero-order valence-corrected chi connectivity index (χ0v) is 13.2. The Bertz CT molecular complexity index is 1050. The number of nitrogens with zero attached hydrogens (tertiary/aromatic N) is 3. The maximum absolute atomic E-state index is 12.0. The molecule has 0 aliphatic rings. The van der Waals surface area contributed by atoms with Gasteiger partial charge in [-0.2, -0.15) is 0 Å². The Balaban J connectivity index is 1.60. The molecule has 0 radical (unpaired) electrons. The second kappa shape index (κ2) is 5.98. The maximum atomic E-state index is 12.0. The molecule has 0 aliphatic carbocycles. The summed E-state index contributed by atoms with van der Waals surface area (Å²) in [7, 11) is 0. The topological polar surface area (TPSA) is 74.1 Å². The van der Waals surface area contributed by atoms with Crippen molar-refractivity contribution in [1.29, 1.82) is 0 Å². The molecule has 0 bridgehead atoms. The fraction of sp³-hybridized carbons (Fsp3) is 0.118. The summed E-state index contributed by atoms with van der Waals surface area (Å²) in [5, 5.41) is 8.55. The van der Waals surface area contributed by atoms with Crippen molar-refractivity contribution in [3.8, 4) is 0 Å². The van der Waals surface area contributed by atoms with Crippen LogP contribution in [0.3, 0.4) is 0 Å². The molecule has 2 aromatic heterocycles. The first-order valence-corrected chi connectivity index (χ1v) is 7.71. The lowest BCUT2D eigenvalue weighted by Gasteiger charge is -1.98. The van der Waals surface area contributed by atoms with E-state index in [1.807, 2.05) is 30.3 Å². The summed E-state index contributed by atoms with van der Waals surface area (Å²) in [6, 6.07) is 14.9. The van der Waals surface area contributed by atoms with Gasteiger partial charge in [0.25, 0.3) is 0 Å². The Morgan fingerprint density at radius 3 is 2.62 bits per heavy atom. The smallest absolute Gasteiger partial charge is 0.420 e. The van der Waals surface area contributed by atoms with Crippen LogP contribution in [0.1, 0.15) is 17.3 Å². The van der Waals surface area contributed by atoms with Crippen LogP contribution in [0.15, 0.2) is 62.2 Å². The summed E-state index contributed by atoms with van der Waals surface area (Å²) in [6.07, 6.45) is 0.546. The molecule has 0 saturated heterocycles. The second-order valence-electron chi connectivity index (χ2n) is 5.32. The molecule has 6 nitrogen and oxygen atoms in total. The van der Waals surface area contributed by atoms with E-state index in [0.717, 1.165) is 5.56 Å². The molecule has 0 aliphatic heterocycles. The second-order valence-corrected chi connectivity index (χ2v) is 5.75. The lowest BCUT2D eigenvalue weighted by atomic mass is 10.2. The third-order valence-corrected chi connectivity index (χ3v) is 3.87. The number of hydrogen-bond donors (Lipinski definition) is 0. The van der Waals surface area contributed by atoms with Crippen molar-refractivity contribution in [2.24, 2.45) is 0 Å². The summed E-state index contributed by atoms with van der Waals surface area (Å²) in [4.78, 5) is 12.0. The van der Waals surface area contributed by atoms with Gasteiger partial charge in [-0.3, -0.25) is 4.57 Å². The van der Waals surface area contributed by atoms with Crippen molar-refractivity contribution in [1.82, 2.24) is 14.8 Å². The van der Waals surface area contributed by atoms with Gasteiger partial charge in [0, 0.05) is 11.1 Å². The normalized spacial score (nSPS) is 11.2. The molecule has 0 saturated carbocycles. The molecular formula is C17H12ClN3O3. The molecule has 0 unspecified atom stereocenters. The molecule has 2 heterocycles. The van der Waals surface area contributed by atoms with Crippen LogP contribution in [-0.4, -0.2) is 14.8 Å². The largest absolute Gasteiger partial charge is 0.423 e. The zero-order chi connectivity index (χ0) is 16.5. The number of oxazole rings is 1. The van der Waals surface area contributed by atoms with E-state index in [-0.39, 0.29) is 6.54 Å². The van der Waals surface area contributed by atoms with E-state index in [4.69, 9.17) is 20.4 Å². The van der Waals surface area contributed by atoms with E-state index < -0.39 is 5.76 Å². The van der Waals surface area contributed by atoms with Gasteiger partial charge in [0.15, 0.2) is 5.58 Å². The predicted octanol–water partition coefficient (Wildman–Crippen LogP) is 3.27. The Kier molecular flexibility index (Phi) is 3.66. The van der Waals surface area contributed by atoms with Gasteiger partial charge in [-0.1, -0.05) is 41.9 Å². The predicted molar refractivity (Wildman–Crippen MR) is 88.1 cm³/mol. The summed E-state index contributed by atoms with van der Waals surface area (Å²) in [5.74, 6) is 0.357. The van der Waals surface area contributed by atoms with Crippen LogP contribution in [0, 0.1) is 0 Å². The Morgan fingerprint density at radius 1 is 1.00 bits per heavy atom. The number of hydrogen-bond acceptors (Lipinski definition) is 5. The highest BCUT2D eigenvalue weighted by atomic mass is 35.5. The molecule has 0 fully saturated rings. The molecular weight excluding hydrogens is 330 g/mol. The molecule has 4 aromatic rings. The lowest BCUT2D eigenvalue weighted by Crippen LogP contribution is -2.15. The monoisotopic (exact) mass is 341 g/mol. The number of halogens is 1. The van der Waals surface area contributed by atoms with E-state index in [9.17, 15) is 4.79 Å². The van der Waals surface area contributed by atoms with Gasteiger partial charge in [0.2, 0.25) is 11.8 Å². The molecule has 24 heavy (non-hydrogen) atoms. The number of fused-ring (bicyclic) bond motifs is 1. The van der Waals surface area contributed by atoms with Crippen molar-refractivity contribution in [3.63, 3.8) is 0 Å². The summed E-state index contributed by atoms with van der Waals surface area (Å²) < 4.78 is 12.3. The lowest BCUT2D eigenvalue weighted by molar-refractivity contribution is 0.432. The first-order chi connectivity index (χ1) is 11.7. The quantitative estimate of drug-likeness (QED) is 0.569. The Labute approximate surface area is 141 Å². The fourth-order valence-electron chi connectivity index (χ4n) is 2.52. The van der Waals surface area contributed by atoms with Crippen LogP contribution in [0.2, 0.25) is 5.02 Å². The van der Waals surface area contributed by atoms with Crippen LogP contribution >= 0.6 is 11.6 Å². The minimum Gasteiger partial charge on any atom is -0.423 e. The SMILES string of the molecule is O=c1oc2cc(Cl)ccc2n1Cc1nnc(Cc2ccccc2)o1. The molecule has 2 aromatic carbocycles. The first-order valence-electron chi connectivity index (χ1n) is 7.33. The minimum atomic E-state index is -0.491.